The number of hydrogen-bond donors (Lipinski definition) is 1. The van der Waals surface area contributed by atoms with Crippen LogP contribution in [0.15, 0.2) is 28.2 Å². The molecule has 1 aromatic heterocycles. The lowest BCUT2D eigenvalue weighted by molar-refractivity contribution is -0.116. The molecule has 6 heteroatoms. The van der Waals surface area contributed by atoms with Gasteiger partial charge in [-0.25, -0.2) is 0 Å². The minimum atomic E-state index is -0.249. The number of nitrogens with one attached hydrogen (secondary N) is 1. The fraction of sp³-hybridized carbons (Fsp3) is 0.389. The topological polar surface area (TPSA) is 64.0 Å². The van der Waals surface area contributed by atoms with Gasteiger partial charge in [0.05, 0.1) is 5.56 Å². The molecule has 5 nitrogen and oxygen atoms in total. The second kappa shape index (κ2) is 6.43. The van der Waals surface area contributed by atoms with Gasteiger partial charge in [0.2, 0.25) is 5.91 Å². The SMILES string of the molecule is CCSc1nc(=O)c2c(n1C)NC(=O)CC2c1ccc(C)cc1C. The molecule has 0 fully saturated rings. The molecule has 0 aliphatic carbocycles. The molecule has 0 radical (unpaired) electrons. The van der Waals surface area contributed by atoms with Crippen molar-refractivity contribution in [2.75, 3.05) is 11.1 Å². The first-order valence-electron chi connectivity index (χ1n) is 8.03. The van der Waals surface area contributed by atoms with Crippen LogP contribution in [0.25, 0.3) is 0 Å². The molecule has 0 spiro atoms. The highest BCUT2D eigenvalue weighted by Gasteiger charge is 2.32. The van der Waals surface area contributed by atoms with E-state index in [0.717, 1.165) is 22.4 Å². The standard InChI is InChI=1S/C18H21N3O2S/c1-5-24-18-20-17(23)15-13(9-14(22)19-16(15)21(18)4)12-7-6-10(2)8-11(12)3/h6-8,13H,5,9H2,1-4H3,(H,19,22). The van der Waals surface area contributed by atoms with E-state index < -0.39 is 0 Å². The largest absolute Gasteiger partial charge is 0.312 e. The molecule has 1 aliphatic heterocycles. The Kier molecular flexibility index (Phi) is 4.49. The lowest BCUT2D eigenvalue weighted by Crippen LogP contribution is -2.33. The molecule has 1 N–H and O–H groups in total. The molecule has 1 aliphatic rings. The number of benzene rings is 1. The summed E-state index contributed by atoms with van der Waals surface area (Å²) in [5.74, 6) is 1.07. The molecule has 1 aromatic carbocycles. The number of carbonyl (C=O) groups is 1. The van der Waals surface area contributed by atoms with E-state index in [1.807, 2.05) is 44.5 Å². The fourth-order valence-corrected chi connectivity index (χ4v) is 3.97. The van der Waals surface area contributed by atoms with E-state index in [1.165, 1.54) is 11.8 Å². The Morgan fingerprint density at radius 1 is 1.33 bits per heavy atom. The summed E-state index contributed by atoms with van der Waals surface area (Å²) in [7, 11) is 1.84. The molecular formula is C18H21N3O2S. The predicted octanol–water partition coefficient (Wildman–Crippen LogP) is 2.98. The minimum Gasteiger partial charge on any atom is -0.312 e. The third-order valence-corrected chi connectivity index (χ3v) is 5.29. The number of hydrogen-bond acceptors (Lipinski definition) is 4. The molecule has 126 valence electrons. The van der Waals surface area contributed by atoms with Crippen LogP contribution in [0.5, 0.6) is 0 Å². The first kappa shape index (κ1) is 16.8. The number of aromatic nitrogens is 2. The number of amides is 1. The van der Waals surface area contributed by atoms with Crippen LogP contribution in [0.2, 0.25) is 0 Å². The first-order chi connectivity index (χ1) is 11.4. The summed E-state index contributed by atoms with van der Waals surface area (Å²) in [6, 6.07) is 6.13. The summed E-state index contributed by atoms with van der Waals surface area (Å²) >= 11 is 1.49. The van der Waals surface area contributed by atoms with Gasteiger partial charge >= 0.3 is 0 Å². The van der Waals surface area contributed by atoms with E-state index in [2.05, 4.69) is 16.4 Å². The Balaban J connectivity index is 2.22. The molecule has 0 bridgehead atoms. The third-order valence-electron chi connectivity index (χ3n) is 4.38. The van der Waals surface area contributed by atoms with Gasteiger partial charge in [-0.3, -0.25) is 9.59 Å². The van der Waals surface area contributed by atoms with E-state index in [4.69, 9.17) is 0 Å². The van der Waals surface area contributed by atoms with Gasteiger partial charge in [0.15, 0.2) is 5.16 Å². The highest BCUT2D eigenvalue weighted by Crippen LogP contribution is 2.37. The Bertz CT molecular complexity index is 873. The monoisotopic (exact) mass is 343 g/mol. The molecule has 1 unspecified atom stereocenters. The van der Waals surface area contributed by atoms with Gasteiger partial charge in [0.25, 0.3) is 5.56 Å². The van der Waals surface area contributed by atoms with Gasteiger partial charge in [-0.15, -0.1) is 0 Å². The maximum atomic E-state index is 12.7. The van der Waals surface area contributed by atoms with E-state index >= 15 is 0 Å². The average Bonchev–Trinajstić information content (AvgIpc) is 2.51. The van der Waals surface area contributed by atoms with Crippen LogP contribution >= 0.6 is 11.8 Å². The van der Waals surface area contributed by atoms with Crippen molar-refractivity contribution in [1.29, 1.82) is 0 Å². The van der Waals surface area contributed by atoms with Gasteiger partial charge in [-0.1, -0.05) is 42.4 Å². The quantitative estimate of drug-likeness (QED) is 0.687. The van der Waals surface area contributed by atoms with Gasteiger partial charge in [0, 0.05) is 19.4 Å². The van der Waals surface area contributed by atoms with Crippen LogP contribution in [-0.2, 0) is 11.8 Å². The van der Waals surface area contributed by atoms with Crippen molar-refractivity contribution in [3.05, 3.63) is 50.8 Å². The zero-order valence-corrected chi connectivity index (χ0v) is 15.2. The fourth-order valence-electron chi connectivity index (χ4n) is 3.28. The van der Waals surface area contributed by atoms with E-state index in [0.29, 0.717) is 16.5 Å². The van der Waals surface area contributed by atoms with E-state index in [1.54, 1.807) is 0 Å². The Morgan fingerprint density at radius 3 is 2.75 bits per heavy atom. The van der Waals surface area contributed by atoms with Gasteiger partial charge in [-0.2, -0.15) is 4.98 Å². The highest BCUT2D eigenvalue weighted by molar-refractivity contribution is 7.99. The van der Waals surface area contributed by atoms with Crippen LogP contribution in [0, 0.1) is 13.8 Å². The average molecular weight is 343 g/mol. The summed E-state index contributed by atoms with van der Waals surface area (Å²) in [5.41, 5.74) is 3.62. The second-order valence-electron chi connectivity index (χ2n) is 6.12. The molecule has 2 heterocycles. The molecule has 0 saturated carbocycles. The van der Waals surface area contributed by atoms with E-state index in [-0.39, 0.29) is 23.8 Å². The maximum Gasteiger partial charge on any atom is 0.279 e. The number of carbonyl (C=O) groups excluding carboxylic acids is 1. The Hall–Kier alpha value is -2.08. The van der Waals surface area contributed by atoms with Crippen molar-refractivity contribution < 1.29 is 4.79 Å². The van der Waals surface area contributed by atoms with Crippen LogP contribution in [0.3, 0.4) is 0 Å². The molecule has 3 rings (SSSR count). The van der Waals surface area contributed by atoms with Crippen LogP contribution in [0.4, 0.5) is 5.82 Å². The van der Waals surface area contributed by atoms with Gasteiger partial charge in [-0.05, 0) is 30.7 Å². The molecule has 0 saturated heterocycles. The van der Waals surface area contributed by atoms with Gasteiger partial charge in [0.1, 0.15) is 5.82 Å². The summed E-state index contributed by atoms with van der Waals surface area (Å²) in [6.07, 6.45) is 0.272. The zero-order valence-electron chi connectivity index (χ0n) is 14.3. The first-order valence-corrected chi connectivity index (χ1v) is 9.01. The number of anilines is 1. The van der Waals surface area contributed by atoms with Crippen molar-refractivity contribution in [2.24, 2.45) is 7.05 Å². The number of thioether (sulfide) groups is 1. The van der Waals surface area contributed by atoms with Gasteiger partial charge < -0.3 is 9.88 Å². The number of rotatable bonds is 3. The lowest BCUT2D eigenvalue weighted by atomic mass is 9.84. The third kappa shape index (κ3) is 2.86. The molecule has 1 amide bonds. The zero-order chi connectivity index (χ0) is 17.4. The van der Waals surface area contributed by atoms with Crippen molar-refractivity contribution in [2.45, 2.75) is 38.3 Å². The van der Waals surface area contributed by atoms with Crippen molar-refractivity contribution >= 4 is 23.5 Å². The number of fused-ring (bicyclic) bond motifs is 1. The highest BCUT2D eigenvalue weighted by atomic mass is 32.2. The molecule has 1 atom stereocenters. The minimum absolute atomic E-state index is 0.0684. The lowest BCUT2D eigenvalue weighted by Gasteiger charge is -2.28. The molecule has 24 heavy (non-hydrogen) atoms. The van der Waals surface area contributed by atoms with E-state index in [9.17, 15) is 9.59 Å². The molecule has 2 aromatic rings. The van der Waals surface area contributed by atoms with Crippen molar-refractivity contribution in [3.8, 4) is 0 Å². The number of aryl methyl sites for hydroxylation is 2. The summed E-state index contributed by atoms with van der Waals surface area (Å²) in [6.45, 7) is 6.06. The second-order valence-corrected chi connectivity index (χ2v) is 7.35. The normalized spacial score (nSPS) is 16.7. The summed E-state index contributed by atoms with van der Waals surface area (Å²) in [5, 5.41) is 3.50. The van der Waals surface area contributed by atoms with Crippen LogP contribution < -0.4 is 10.9 Å². The van der Waals surface area contributed by atoms with Crippen molar-refractivity contribution in [3.63, 3.8) is 0 Å². The van der Waals surface area contributed by atoms with Crippen molar-refractivity contribution in [1.82, 2.24) is 9.55 Å². The summed E-state index contributed by atoms with van der Waals surface area (Å²) < 4.78 is 1.82. The number of nitrogens with zero attached hydrogens (tertiary/aromatic N) is 2. The molecular weight excluding hydrogens is 322 g/mol. The Labute approximate surface area is 145 Å². The predicted molar refractivity (Wildman–Crippen MR) is 96.9 cm³/mol. The maximum absolute atomic E-state index is 12.7. The van der Waals surface area contributed by atoms with Crippen LogP contribution in [0.1, 0.15) is 41.5 Å². The summed E-state index contributed by atoms with van der Waals surface area (Å²) in [4.78, 5) is 29.2. The Morgan fingerprint density at radius 2 is 2.08 bits per heavy atom. The van der Waals surface area contributed by atoms with Crippen LogP contribution in [-0.4, -0.2) is 21.2 Å². The smallest absolute Gasteiger partial charge is 0.279 e.